The second-order valence-corrected chi connectivity index (χ2v) is 3.12. The summed E-state index contributed by atoms with van der Waals surface area (Å²) in [5.74, 6) is -0.484. The van der Waals surface area contributed by atoms with Gasteiger partial charge in [-0.1, -0.05) is 26.2 Å². The summed E-state index contributed by atoms with van der Waals surface area (Å²) < 4.78 is 10.2. The second-order valence-electron chi connectivity index (χ2n) is 2.58. The van der Waals surface area contributed by atoms with Crippen LogP contribution in [-0.4, -0.2) is 19.8 Å². The highest BCUT2D eigenvalue weighted by atomic mass is 32.2. The van der Waals surface area contributed by atoms with Gasteiger partial charge in [-0.25, -0.2) is 4.21 Å². The zero-order valence-electron chi connectivity index (χ0n) is 7.19. The van der Waals surface area contributed by atoms with Gasteiger partial charge in [0, 0.05) is 6.42 Å². The van der Waals surface area contributed by atoms with E-state index < -0.39 is 17.8 Å². The molecule has 72 valence electrons. The highest BCUT2D eigenvalue weighted by Crippen LogP contribution is 2.03. The minimum absolute atomic E-state index is 0.200. The van der Waals surface area contributed by atoms with Crippen LogP contribution in [0, 0.1) is 0 Å². The van der Waals surface area contributed by atoms with E-state index in [2.05, 4.69) is 6.92 Å². The standard InChI is InChI=1S/C7H15NO3S/c1-2-3-4-5-6-7(9)8(10)12-11/h10,12H,2-6H2,1H3. The molecule has 0 radical (unpaired) electrons. The fraction of sp³-hybridized carbons (Fsp3) is 0.857. The Morgan fingerprint density at radius 2 is 2.08 bits per heavy atom. The van der Waals surface area contributed by atoms with Crippen molar-refractivity contribution in [3.63, 3.8) is 0 Å². The summed E-state index contributed by atoms with van der Waals surface area (Å²) >= 11 is -0.650. The van der Waals surface area contributed by atoms with Crippen LogP contribution < -0.4 is 0 Å². The van der Waals surface area contributed by atoms with Crippen molar-refractivity contribution in [2.75, 3.05) is 0 Å². The van der Waals surface area contributed by atoms with Gasteiger partial charge >= 0.3 is 0 Å². The van der Waals surface area contributed by atoms with Crippen molar-refractivity contribution in [1.82, 2.24) is 4.47 Å². The lowest BCUT2D eigenvalue weighted by Crippen LogP contribution is -2.22. The zero-order chi connectivity index (χ0) is 9.40. The minimum atomic E-state index is -0.650. The maximum absolute atomic E-state index is 10.8. The summed E-state index contributed by atoms with van der Waals surface area (Å²) in [5, 5.41) is 8.64. The summed E-state index contributed by atoms with van der Waals surface area (Å²) in [6, 6.07) is 0. The molecular formula is C7H15NO3S. The lowest BCUT2D eigenvalue weighted by atomic mass is 10.1. The van der Waals surface area contributed by atoms with Crippen molar-refractivity contribution >= 4 is 17.8 Å². The van der Waals surface area contributed by atoms with E-state index in [-0.39, 0.29) is 10.9 Å². The first-order valence-corrected chi connectivity index (χ1v) is 4.84. The van der Waals surface area contributed by atoms with E-state index in [0.717, 1.165) is 25.7 Å². The molecule has 0 atom stereocenters. The number of amides is 1. The first-order chi connectivity index (χ1) is 5.72. The summed E-state index contributed by atoms with van der Waals surface area (Å²) in [4.78, 5) is 10.8. The van der Waals surface area contributed by atoms with Crippen LogP contribution >= 0.6 is 0 Å². The Morgan fingerprint density at radius 3 is 2.58 bits per heavy atom. The van der Waals surface area contributed by atoms with Gasteiger partial charge in [-0.15, -0.1) is 4.47 Å². The smallest absolute Gasteiger partial charge is 0.258 e. The molecule has 0 aromatic carbocycles. The van der Waals surface area contributed by atoms with Gasteiger partial charge in [0.15, 0.2) is 0 Å². The van der Waals surface area contributed by atoms with Gasteiger partial charge in [0.2, 0.25) is 0 Å². The van der Waals surface area contributed by atoms with Crippen LogP contribution in [0.2, 0.25) is 0 Å². The highest BCUT2D eigenvalue weighted by molar-refractivity contribution is 7.63. The Balaban J connectivity index is 3.37. The Kier molecular flexibility index (Phi) is 6.99. The van der Waals surface area contributed by atoms with Gasteiger partial charge in [0.25, 0.3) is 5.91 Å². The zero-order valence-corrected chi connectivity index (χ0v) is 8.09. The topological polar surface area (TPSA) is 57.6 Å². The van der Waals surface area contributed by atoms with E-state index in [4.69, 9.17) is 5.21 Å². The predicted molar refractivity (Wildman–Crippen MR) is 46.9 cm³/mol. The quantitative estimate of drug-likeness (QED) is 0.287. The molecule has 0 unspecified atom stereocenters. The molecule has 0 aromatic rings. The molecule has 4 nitrogen and oxygen atoms in total. The van der Waals surface area contributed by atoms with E-state index in [1.165, 1.54) is 0 Å². The van der Waals surface area contributed by atoms with Crippen LogP contribution in [0.15, 0.2) is 0 Å². The van der Waals surface area contributed by atoms with Gasteiger partial charge in [-0.2, -0.15) is 0 Å². The van der Waals surface area contributed by atoms with Crippen molar-refractivity contribution in [3.05, 3.63) is 0 Å². The Bertz CT molecular complexity index is 152. The van der Waals surface area contributed by atoms with Crippen molar-refractivity contribution in [2.45, 2.75) is 39.0 Å². The van der Waals surface area contributed by atoms with Gasteiger partial charge < -0.3 is 0 Å². The molecule has 1 amide bonds. The van der Waals surface area contributed by atoms with Gasteiger partial charge in [-0.05, 0) is 6.42 Å². The number of carbonyl (C=O) groups is 1. The number of hydrogen-bond donors (Lipinski definition) is 2. The van der Waals surface area contributed by atoms with Crippen molar-refractivity contribution in [1.29, 1.82) is 0 Å². The van der Waals surface area contributed by atoms with Crippen molar-refractivity contribution < 1.29 is 14.2 Å². The molecule has 0 aromatic heterocycles. The van der Waals surface area contributed by atoms with Crippen LogP contribution in [0.3, 0.4) is 0 Å². The molecule has 0 saturated carbocycles. The maximum Gasteiger partial charge on any atom is 0.258 e. The molecule has 1 N–H and O–H groups in total. The number of hydroxylamine groups is 1. The third-order valence-electron chi connectivity index (χ3n) is 1.54. The lowest BCUT2D eigenvalue weighted by Gasteiger charge is -2.05. The molecule has 0 fully saturated rings. The predicted octanol–water partition coefficient (Wildman–Crippen LogP) is 1.03. The molecule has 5 heteroatoms. The Labute approximate surface area is 76.1 Å². The molecule has 0 aliphatic carbocycles. The number of nitrogens with zero attached hydrogens (tertiary/aromatic N) is 1. The molecule has 0 rings (SSSR count). The van der Waals surface area contributed by atoms with Crippen LogP contribution in [-0.2, 0) is 16.6 Å². The number of hydrogen-bond acceptors (Lipinski definition) is 3. The molecule has 0 heterocycles. The molecule has 0 spiro atoms. The molecule has 0 saturated heterocycles. The Morgan fingerprint density at radius 1 is 1.42 bits per heavy atom. The van der Waals surface area contributed by atoms with Gasteiger partial charge in [0.05, 0.1) is 0 Å². The number of thiol groups is 1. The fourth-order valence-corrected chi connectivity index (χ4v) is 1.04. The highest BCUT2D eigenvalue weighted by Gasteiger charge is 2.07. The first kappa shape index (κ1) is 11.6. The van der Waals surface area contributed by atoms with E-state index in [1.54, 1.807) is 0 Å². The third kappa shape index (κ3) is 5.26. The van der Waals surface area contributed by atoms with E-state index in [9.17, 15) is 9.00 Å². The maximum atomic E-state index is 10.8. The minimum Gasteiger partial charge on any atom is -0.273 e. The molecule has 12 heavy (non-hydrogen) atoms. The summed E-state index contributed by atoms with van der Waals surface area (Å²) in [6.07, 6.45) is 4.20. The SMILES string of the molecule is CCCCCCC(=O)N(O)[SH]=O. The number of carbonyl (C=O) groups excluding carboxylic acids is 1. The average Bonchev–Trinajstić information content (AvgIpc) is 2.10. The summed E-state index contributed by atoms with van der Waals surface area (Å²) in [7, 11) is 0. The van der Waals surface area contributed by atoms with E-state index in [1.807, 2.05) is 0 Å². The average molecular weight is 193 g/mol. The van der Waals surface area contributed by atoms with Crippen LogP contribution in [0.25, 0.3) is 0 Å². The summed E-state index contributed by atoms with van der Waals surface area (Å²) in [5.41, 5.74) is 0. The molecule has 0 bridgehead atoms. The van der Waals surface area contributed by atoms with Crippen molar-refractivity contribution in [2.24, 2.45) is 0 Å². The number of unbranched alkanes of at least 4 members (excludes halogenated alkanes) is 3. The molecule has 0 aliphatic rings. The van der Waals surface area contributed by atoms with E-state index in [0.29, 0.717) is 0 Å². The molecule has 0 aliphatic heterocycles. The second kappa shape index (κ2) is 7.24. The summed E-state index contributed by atoms with van der Waals surface area (Å²) in [6.45, 7) is 2.08. The fourth-order valence-electron chi connectivity index (χ4n) is 0.849. The van der Waals surface area contributed by atoms with E-state index >= 15 is 0 Å². The first-order valence-electron chi connectivity index (χ1n) is 4.07. The van der Waals surface area contributed by atoms with Gasteiger partial charge in [0.1, 0.15) is 11.9 Å². The normalized spacial score (nSPS) is 9.83. The van der Waals surface area contributed by atoms with Crippen LogP contribution in [0.1, 0.15) is 39.0 Å². The third-order valence-corrected chi connectivity index (χ3v) is 1.92. The monoisotopic (exact) mass is 193 g/mol. The van der Waals surface area contributed by atoms with Crippen LogP contribution in [0.4, 0.5) is 0 Å². The lowest BCUT2D eigenvalue weighted by molar-refractivity contribution is -0.144. The molecular weight excluding hydrogens is 178 g/mol. The van der Waals surface area contributed by atoms with Gasteiger partial charge in [-0.3, -0.25) is 10.0 Å². The Hall–Kier alpha value is -0.420. The number of rotatable bonds is 6. The van der Waals surface area contributed by atoms with Crippen LogP contribution in [0.5, 0.6) is 0 Å². The van der Waals surface area contributed by atoms with Crippen molar-refractivity contribution in [3.8, 4) is 0 Å². The largest absolute Gasteiger partial charge is 0.273 e.